The number of aryl methyl sites for hydroxylation is 1. The number of amides is 1. The molecule has 1 amide bonds. The third-order valence-corrected chi connectivity index (χ3v) is 6.48. The molecule has 34 heavy (non-hydrogen) atoms. The van der Waals surface area contributed by atoms with E-state index in [4.69, 9.17) is 32.7 Å². The molecule has 0 aliphatic carbocycles. The van der Waals surface area contributed by atoms with Gasteiger partial charge in [-0.2, -0.15) is 5.26 Å². The highest BCUT2D eigenvalue weighted by Crippen LogP contribution is 2.35. The molecule has 0 atom stereocenters. The van der Waals surface area contributed by atoms with Crippen molar-refractivity contribution in [2.75, 3.05) is 12.4 Å². The summed E-state index contributed by atoms with van der Waals surface area (Å²) in [7, 11) is 1.53. The zero-order valence-corrected chi connectivity index (χ0v) is 22.2. The van der Waals surface area contributed by atoms with Crippen molar-refractivity contribution >= 4 is 63.5 Å². The molecule has 0 aromatic heterocycles. The molecule has 0 saturated heterocycles. The zero-order valence-electron chi connectivity index (χ0n) is 18.5. The largest absolute Gasteiger partial charge is 0.493 e. The summed E-state index contributed by atoms with van der Waals surface area (Å²) in [5, 5.41) is 13.4. The standard InChI is InChI=1S/C26H21Cl2IN2O3/c1-3-18-6-4-5-7-23(18)31-26(32)19(14-30)10-17-12-22(29)25(24(13-17)33-2)34-15-16-8-9-20(27)21(28)11-16/h4-13H,3,15H2,1-2H3,(H,31,32)/b19-10+. The van der Waals surface area contributed by atoms with Gasteiger partial charge in [0.2, 0.25) is 0 Å². The van der Waals surface area contributed by atoms with E-state index in [0.717, 1.165) is 21.1 Å². The van der Waals surface area contributed by atoms with Crippen molar-refractivity contribution in [3.63, 3.8) is 0 Å². The Balaban J connectivity index is 1.83. The lowest BCUT2D eigenvalue weighted by Gasteiger charge is -2.14. The van der Waals surface area contributed by atoms with Crippen molar-refractivity contribution in [3.05, 3.63) is 90.5 Å². The maximum atomic E-state index is 12.8. The Bertz CT molecular complexity index is 1290. The van der Waals surface area contributed by atoms with E-state index in [2.05, 4.69) is 27.9 Å². The van der Waals surface area contributed by atoms with E-state index in [0.29, 0.717) is 32.8 Å². The Morgan fingerprint density at radius 3 is 2.59 bits per heavy atom. The molecule has 0 spiro atoms. The van der Waals surface area contributed by atoms with Crippen LogP contribution in [0.4, 0.5) is 5.69 Å². The molecule has 5 nitrogen and oxygen atoms in total. The van der Waals surface area contributed by atoms with Crippen LogP contribution in [-0.2, 0) is 17.8 Å². The number of anilines is 1. The van der Waals surface area contributed by atoms with Gasteiger partial charge in [0, 0.05) is 5.69 Å². The number of carbonyl (C=O) groups excluding carboxylic acids is 1. The molecule has 3 aromatic carbocycles. The Morgan fingerprint density at radius 2 is 1.91 bits per heavy atom. The fraction of sp³-hybridized carbons (Fsp3) is 0.154. The third kappa shape index (κ3) is 6.44. The second-order valence-corrected chi connectivity index (χ2v) is 9.18. The summed E-state index contributed by atoms with van der Waals surface area (Å²) >= 11 is 14.2. The predicted octanol–water partition coefficient (Wildman–Crippen LogP) is 7.29. The van der Waals surface area contributed by atoms with Crippen LogP contribution in [0.2, 0.25) is 10.0 Å². The normalized spacial score (nSPS) is 11.0. The number of ether oxygens (including phenoxy) is 2. The quantitative estimate of drug-likeness (QED) is 0.166. The highest BCUT2D eigenvalue weighted by molar-refractivity contribution is 14.1. The summed E-state index contributed by atoms with van der Waals surface area (Å²) in [5.74, 6) is 0.552. The van der Waals surface area contributed by atoms with Crippen LogP contribution in [0, 0.1) is 14.9 Å². The lowest BCUT2D eigenvalue weighted by molar-refractivity contribution is -0.112. The lowest BCUT2D eigenvalue weighted by atomic mass is 10.1. The first-order valence-electron chi connectivity index (χ1n) is 10.3. The molecule has 0 saturated carbocycles. The summed E-state index contributed by atoms with van der Waals surface area (Å²) in [6.07, 6.45) is 2.29. The van der Waals surface area contributed by atoms with Crippen LogP contribution in [0.1, 0.15) is 23.6 Å². The zero-order chi connectivity index (χ0) is 24.7. The molecule has 0 bridgehead atoms. The topological polar surface area (TPSA) is 71.4 Å². The Kier molecular flexibility index (Phi) is 9.22. The number of para-hydroxylation sites is 1. The van der Waals surface area contributed by atoms with Gasteiger partial charge < -0.3 is 14.8 Å². The van der Waals surface area contributed by atoms with Gasteiger partial charge in [0.25, 0.3) is 5.91 Å². The van der Waals surface area contributed by atoms with Crippen molar-refractivity contribution in [1.82, 2.24) is 0 Å². The summed E-state index contributed by atoms with van der Waals surface area (Å²) in [6.45, 7) is 2.27. The highest BCUT2D eigenvalue weighted by atomic mass is 127. The molecule has 174 valence electrons. The van der Waals surface area contributed by atoms with Gasteiger partial charge in [-0.1, -0.05) is 54.4 Å². The number of hydrogen-bond acceptors (Lipinski definition) is 4. The minimum absolute atomic E-state index is 0.0202. The Labute approximate surface area is 222 Å². The maximum Gasteiger partial charge on any atom is 0.266 e. The summed E-state index contributed by atoms with van der Waals surface area (Å²) in [5.41, 5.74) is 3.15. The molecule has 0 aliphatic rings. The minimum atomic E-state index is -0.475. The average molecular weight is 607 g/mol. The van der Waals surface area contributed by atoms with E-state index in [1.165, 1.54) is 13.2 Å². The van der Waals surface area contributed by atoms with Gasteiger partial charge >= 0.3 is 0 Å². The van der Waals surface area contributed by atoms with E-state index in [1.54, 1.807) is 18.2 Å². The monoisotopic (exact) mass is 606 g/mol. The molecular weight excluding hydrogens is 586 g/mol. The third-order valence-electron chi connectivity index (χ3n) is 4.94. The second-order valence-electron chi connectivity index (χ2n) is 7.21. The lowest BCUT2D eigenvalue weighted by Crippen LogP contribution is -2.14. The molecule has 8 heteroatoms. The van der Waals surface area contributed by atoms with Crippen molar-refractivity contribution in [2.45, 2.75) is 20.0 Å². The van der Waals surface area contributed by atoms with Crippen LogP contribution in [0.5, 0.6) is 11.5 Å². The number of nitrogens with one attached hydrogen (secondary N) is 1. The first kappa shape index (κ1) is 25.9. The molecule has 0 heterocycles. The van der Waals surface area contributed by atoms with Crippen LogP contribution >= 0.6 is 45.8 Å². The fourth-order valence-corrected chi connectivity index (χ4v) is 4.31. The van der Waals surface area contributed by atoms with Crippen LogP contribution < -0.4 is 14.8 Å². The van der Waals surface area contributed by atoms with Crippen LogP contribution in [0.15, 0.2) is 60.2 Å². The van der Waals surface area contributed by atoms with Crippen molar-refractivity contribution in [1.29, 1.82) is 5.26 Å². The number of methoxy groups -OCH3 is 1. The number of nitriles is 1. The van der Waals surface area contributed by atoms with Gasteiger partial charge in [-0.05, 0) is 82.1 Å². The number of nitrogens with zero attached hydrogens (tertiary/aromatic N) is 1. The van der Waals surface area contributed by atoms with Gasteiger partial charge in [-0.15, -0.1) is 0 Å². The molecule has 0 fully saturated rings. The molecule has 3 aromatic rings. The van der Waals surface area contributed by atoms with Crippen molar-refractivity contribution < 1.29 is 14.3 Å². The van der Waals surface area contributed by atoms with Crippen LogP contribution in [0.25, 0.3) is 6.08 Å². The van der Waals surface area contributed by atoms with Crippen molar-refractivity contribution in [2.24, 2.45) is 0 Å². The van der Waals surface area contributed by atoms with Gasteiger partial charge in [0.1, 0.15) is 18.2 Å². The first-order valence-corrected chi connectivity index (χ1v) is 12.1. The van der Waals surface area contributed by atoms with E-state index in [9.17, 15) is 10.1 Å². The Morgan fingerprint density at radius 1 is 1.15 bits per heavy atom. The molecule has 1 N–H and O–H groups in total. The van der Waals surface area contributed by atoms with E-state index in [1.807, 2.05) is 49.4 Å². The predicted molar refractivity (Wildman–Crippen MR) is 145 cm³/mol. The number of carbonyl (C=O) groups is 1. The molecule has 0 radical (unpaired) electrons. The van der Waals surface area contributed by atoms with Gasteiger partial charge in [-0.25, -0.2) is 0 Å². The molecular formula is C26H21Cl2IN2O3. The van der Waals surface area contributed by atoms with Gasteiger partial charge in [0.05, 0.1) is 20.7 Å². The number of hydrogen-bond donors (Lipinski definition) is 1. The van der Waals surface area contributed by atoms with Gasteiger partial charge in [-0.3, -0.25) is 4.79 Å². The van der Waals surface area contributed by atoms with E-state index >= 15 is 0 Å². The van der Waals surface area contributed by atoms with Gasteiger partial charge in [0.15, 0.2) is 11.5 Å². The summed E-state index contributed by atoms with van der Waals surface area (Å²) < 4.78 is 12.3. The second kappa shape index (κ2) is 12.1. The smallest absolute Gasteiger partial charge is 0.266 e. The molecule has 0 unspecified atom stereocenters. The van der Waals surface area contributed by atoms with E-state index < -0.39 is 5.91 Å². The molecule has 0 aliphatic heterocycles. The number of rotatable bonds is 8. The van der Waals surface area contributed by atoms with E-state index in [-0.39, 0.29) is 12.2 Å². The first-order chi connectivity index (χ1) is 16.4. The molecule has 3 rings (SSSR count). The minimum Gasteiger partial charge on any atom is -0.493 e. The summed E-state index contributed by atoms with van der Waals surface area (Å²) in [4.78, 5) is 12.8. The maximum absolute atomic E-state index is 12.8. The van der Waals surface area contributed by atoms with Crippen molar-refractivity contribution in [3.8, 4) is 17.6 Å². The fourth-order valence-electron chi connectivity index (χ4n) is 3.20. The SMILES string of the molecule is CCc1ccccc1NC(=O)/C(C#N)=C/c1cc(I)c(OCc2ccc(Cl)c(Cl)c2)c(OC)c1. The number of benzene rings is 3. The van der Waals surface area contributed by atoms with Crippen LogP contribution in [0.3, 0.4) is 0 Å². The number of halogens is 3. The summed E-state index contributed by atoms with van der Waals surface area (Å²) in [6, 6.07) is 18.3. The average Bonchev–Trinajstić information content (AvgIpc) is 2.83. The Hall–Kier alpha value is -2.73. The van der Waals surface area contributed by atoms with Crippen LogP contribution in [-0.4, -0.2) is 13.0 Å². The highest BCUT2D eigenvalue weighted by Gasteiger charge is 2.15.